The molecule has 2 heterocycles. The Balaban J connectivity index is 1.47. The van der Waals surface area contributed by atoms with Crippen LogP contribution in [0.25, 0.3) is 5.57 Å². The lowest BCUT2D eigenvalue weighted by molar-refractivity contribution is 0.0958. The average molecular weight is 559 g/mol. The van der Waals surface area contributed by atoms with E-state index >= 15 is 4.39 Å². The molecule has 218 valence electrons. The largest absolute Gasteiger partial charge is 0.370 e. The summed E-state index contributed by atoms with van der Waals surface area (Å²) in [4.78, 5) is 15.1. The van der Waals surface area contributed by atoms with Gasteiger partial charge in [-0.25, -0.2) is 4.39 Å². The van der Waals surface area contributed by atoms with Gasteiger partial charge in [0.15, 0.2) is 11.5 Å². The molecule has 0 saturated heterocycles. The zero-order valence-corrected chi connectivity index (χ0v) is 25.0. The summed E-state index contributed by atoms with van der Waals surface area (Å²) in [5.41, 5.74) is 6.64. The summed E-state index contributed by atoms with van der Waals surface area (Å²) in [5, 5.41) is 18.1. The van der Waals surface area contributed by atoms with Gasteiger partial charge in [-0.05, 0) is 92.5 Å². The topological polar surface area (TPSA) is 82.2 Å². The summed E-state index contributed by atoms with van der Waals surface area (Å²) >= 11 is 0. The summed E-state index contributed by atoms with van der Waals surface area (Å²) in [6.45, 7) is 9.55. The van der Waals surface area contributed by atoms with Gasteiger partial charge >= 0.3 is 0 Å². The molecule has 0 radical (unpaired) electrons. The zero-order valence-electron chi connectivity index (χ0n) is 25.0. The molecule has 2 aromatic rings. The molecular formula is C33H43FN6O. The van der Waals surface area contributed by atoms with E-state index in [1.54, 1.807) is 13.1 Å². The highest BCUT2D eigenvalue weighted by Gasteiger charge is 2.31. The number of nitrogens with zero attached hydrogens (tertiary/aromatic N) is 3. The molecule has 2 saturated carbocycles. The van der Waals surface area contributed by atoms with Gasteiger partial charge in [0, 0.05) is 43.3 Å². The molecule has 1 aromatic carbocycles. The SMILES string of the molecule is CCC(CC(C)C)N1C=C(c2cc(F)cc(Nc3cc(NC(=C4CCC4)C4CC4)nnc3C(=O)NC)c2C)C=CC1. The normalized spacial score (nSPS) is 17.2. The van der Waals surface area contributed by atoms with Crippen LogP contribution in [-0.2, 0) is 0 Å². The number of hydrogen-bond donors (Lipinski definition) is 3. The second-order valence-electron chi connectivity index (χ2n) is 12.0. The molecule has 0 spiro atoms. The number of hydrogen-bond acceptors (Lipinski definition) is 6. The molecule has 2 fully saturated rings. The van der Waals surface area contributed by atoms with Crippen molar-refractivity contribution >= 4 is 28.7 Å². The summed E-state index contributed by atoms with van der Waals surface area (Å²) < 4.78 is 15.1. The van der Waals surface area contributed by atoms with Crippen LogP contribution in [0.4, 0.5) is 21.6 Å². The molecule has 1 aromatic heterocycles. The smallest absolute Gasteiger partial charge is 0.273 e. The molecule has 2 aliphatic carbocycles. The van der Waals surface area contributed by atoms with Crippen LogP contribution in [0.5, 0.6) is 0 Å². The molecule has 41 heavy (non-hydrogen) atoms. The molecular weight excluding hydrogens is 515 g/mol. The Morgan fingerprint density at radius 2 is 1.93 bits per heavy atom. The van der Waals surface area contributed by atoms with Gasteiger partial charge in [0.2, 0.25) is 0 Å². The first-order valence-corrected chi connectivity index (χ1v) is 15.1. The van der Waals surface area contributed by atoms with Crippen LogP contribution >= 0.6 is 0 Å². The minimum Gasteiger partial charge on any atom is -0.370 e. The van der Waals surface area contributed by atoms with Crippen LogP contribution in [-0.4, -0.2) is 40.6 Å². The highest BCUT2D eigenvalue weighted by atomic mass is 19.1. The number of aromatic nitrogens is 2. The van der Waals surface area contributed by atoms with Gasteiger partial charge in [0.1, 0.15) is 5.82 Å². The lowest BCUT2D eigenvalue weighted by Crippen LogP contribution is -2.33. The van der Waals surface area contributed by atoms with E-state index in [0.29, 0.717) is 35.1 Å². The quantitative estimate of drug-likeness (QED) is 0.268. The summed E-state index contributed by atoms with van der Waals surface area (Å²) in [7, 11) is 1.56. The van der Waals surface area contributed by atoms with Crippen LogP contribution in [0, 0.1) is 24.6 Å². The highest BCUT2D eigenvalue weighted by Crippen LogP contribution is 2.43. The number of amides is 1. The Morgan fingerprint density at radius 1 is 1.15 bits per heavy atom. The third-order valence-electron chi connectivity index (χ3n) is 8.38. The first-order valence-electron chi connectivity index (χ1n) is 15.1. The monoisotopic (exact) mass is 558 g/mol. The van der Waals surface area contributed by atoms with Crippen molar-refractivity contribution in [3.8, 4) is 0 Å². The minimum absolute atomic E-state index is 0.162. The van der Waals surface area contributed by atoms with E-state index in [1.807, 2.05) is 13.0 Å². The van der Waals surface area contributed by atoms with Crippen molar-refractivity contribution in [1.29, 1.82) is 0 Å². The Kier molecular flexibility index (Phi) is 8.76. The molecule has 5 rings (SSSR count). The fourth-order valence-electron chi connectivity index (χ4n) is 5.77. The molecule has 8 heteroatoms. The number of carbonyl (C=O) groups excluding carboxylic acids is 1. The number of allylic oxidation sites excluding steroid dienone is 4. The zero-order chi connectivity index (χ0) is 29.1. The maximum atomic E-state index is 15.1. The predicted molar refractivity (Wildman–Crippen MR) is 164 cm³/mol. The van der Waals surface area contributed by atoms with E-state index in [-0.39, 0.29) is 17.4 Å². The number of halogens is 1. The van der Waals surface area contributed by atoms with Crippen LogP contribution in [0.3, 0.4) is 0 Å². The van der Waals surface area contributed by atoms with Gasteiger partial charge in [-0.1, -0.05) is 38.5 Å². The summed E-state index contributed by atoms with van der Waals surface area (Å²) in [6, 6.07) is 5.31. The highest BCUT2D eigenvalue weighted by molar-refractivity contribution is 5.98. The third kappa shape index (κ3) is 6.63. The summed E-state index contributed by atoms with van der Waals surface area (Å²) in [6.07, 6.45) is 14.4. The van der Waals surface area contributed by atoms with E-state index in [2.05, 4.69) is 70.2 Å². The van der Waals surface area contributed by atoms with Gasteiger partial charge in [-0.3, -0.25) is 4.79 Å². The molecule has 0 bridgehead atoms. The molecule has 7 nitrogen and oxygen atoms in total. The number of nitrogens with one attached hydrogen (secondary N) is 3. The third-order valence-corrected chi connectivity index (χ3v) is 8.38. The van der Waals surface area contributed by atoms with E-state index in [9.17, 15) is 4.79 Å². The fraction of sp³-hybridized carbons (Fsp3) is 0.485. The lowest BCUT2D eigenvalue weighted by Gasteiger charge is -2.33. The van der Waals surface area contributed by atoms with Crippen molar-refractivity contribution < 1.29 is 9.18 Å². The van der Waals surface area contributed by atoms with Crippen molar-refractivity contribution in [2.24, 2.45) is 11.8 Å². The molecule has 3 aliphatic rings. The van der Waals surface area contributed by atoms with Crippen molar-refractivity contribution in [1.82, 2.24) is 20.4 Å². The maximum Gasteiger partial charge on any atom is 0.273 e. The molecule has 1 unspecified atom stereocenters. The van der Waals surface area contributed by atoms with Crippen molar-refractivity contribution in [3.63, 3.8) is 0 Å². The van der Waals surface area contributed by atoms with E-state index in [0.717, 1.165) is 48.9 Å². The number of anilines is 3. The van der Waals surface area contributed by atoms with Crippen LogP contribution < -0.4 is 16.0 Å². The Hall–Kier alpha value is -3.68. The van der Waals surface area contributed by atoms with Crippen LogP contribution in [0.1, 0.15) is 87.3 Å². The van der Waals surface area contributed by atoms with Gasteiger partial charge in [0.05, 0.1) is 5.69 Å². The van der Waals surface area contributed by atoms with Gasteiger partial charge in [0.25, 0.3) is 5.91 Å². The average Bonchev–Trinajstić information content (AvgIpc) is 3.77. The minimum atomic E-state index is -0.357. The van der Waals surface area contributed by atoms with Crippen molar-refractivity contribution in [3.05, 3.63) is 70.5 Å². The van der Waals surface area contributed by atoms with Crippen LogP contribution in [0.2, 0.25) is 0 Å². The van der Waals surface area contributed by atoms with E-state index < -0.39 is 0 Å². The Bertz CT molecular complexity index is 1380. The predicted octanol–water partition coefficient (Wildman–Crippen LogP) is 7.32. The van der Waals surface area contributed by atoms with Gasteiger partial charge < -0.3 is 20.9 Å². The molecule has 1 aliphatic heterocycles. The second-order valence-corrected chi connectivity index (χ2v) is 12.0. The molecule has 1 atom stereocenters. The lowest BCUT2D eigenvalue weighted by atomic mass is 9.89. The Morgan fingerprint density at radius 3 is 2.56 bits per heavy atom. The van der Waals surface area contributed by atoms with E-state index in [1.165, 1.54) is 36.6 Å². The van der Waals surface area contributed by atoms with E-state index in [4.69, 9.17) is 0 Å². The van der Waals surface area contributed by atoms with Crippen LogP contribution in [0.15, 0.2) is 47.8 Å². The fourth-order valence-corrected chi connectivity index (χ4v) is 5.77. The number of benzene rings is 1. The molecule has 3 N–H and O–H groups in total. The number of rotatable bonds is 11. The second kappa shape index (κ2) is 12.5. The molecule has 1 amide bonds. The number of carbonyl (C=O) groups is 1. The first kappa shape index (κ1) is 28.8. The Labute approximate surface area is 243 Å². The standard InChI is InChI=1S/C33H43FN6O/c1-6-26(15-20(2)3)40-14-8-11-24(19-40)27-16-25(34)17-28(21(27)4)36-29-18-30(38-39-32(29)33(41)35-5)37-31(23-12-13-23)22-9-7-10-22/h8,11,16-20,23,26H,6-7,9-10,12-15H2,1-5H3,(H,35,41)(H2,36,37,38). The summed E-state index contributed by atoms with van der Waals surface area (Å²) in [5.74, 6) is 1.04. The van der Waals surface area contributed by atoms with Gasteiger partial charge in [-0.15, -0.1) is 10.2 Å². The first-order chi connectivity index (χ1) is 19.8. The van der Waals surface area contributed by atoms with Gasteiger partial charge in [-0.2, -0.15) is 0 Å². The van der Waals surface area contributed by atoms with Crippen molar-refractivity contribution in [2.75, 3.05) is 24.2 Å². The van der Waals surface area contributed by atoms with Crippen molar-refractivity contribution in [2.45, 2.75) is 78.7 Å². The maximum absolute atomic E-state index is 15.1.